The summed E-state index contributed by atoms with van der Waals surface area (Å²) in [5.41, 5.74) is 0. The lowest BCUT2D eigenvalue weighted by Crippen LogP contribution is -2.50. The number of hydrogen-bond donors (Lipinski definition) is 4. The molecule has 3 atom stereocenters. The van der Waals surface area contributed by atoms with Crippen LogP contribution in [0.15, 0.2) is 12.2 Å². The summed E-state index contributed by atoms with van der Waals surface area (Å²) in [6.07, 6.45) is 43.8. The normalized spacial score (nSPS) is 13.9. The van der Waals surface area contributed by atoms with Gasteiger partial charge in [0.1, 0.15) is 6.10 Å². The molecule has 3 unspecified atom stereocenters. The SMILES string of the molecule is CCCCCCCCCCCCCC/C=C\CCCCCCCCC(O)C(=O)NC(CS(=O)(=O)O)C(O)CCCCCCCCCCCCCCC. The molecular weight excluding hydrogens is 671 g/mol. The summed E-state index contributed by atoms with van der Waals surface area (Å²) in [5.74, 6) is -1.45. The van der Waals surface area contributed by atoms with Crippen molar-refractivity contribution in [3.63, 3.8) is 0 Å². The van der Waals surface area contributed by atoms with Crippen LogP contribution in [0.3, 0.4) is 0 Å². The first-order valence-electron chi connectivity index (χ1n) is 22.5. The minimum absolute atomic E-state index is 0.293. The third-order valence-electron chi connectivity index (χ3n) is 10.6. The van der Waals surface area contributed by atoms with Gasteiger partial charge in [0.25, 0.3) is 10.1 Å². The van der Waals surface area contributed by atoms with E-state index in [0.717, 1.165) is 51.4 Å². The average Bonchev–Trinajstić information content (AvgIpc) is 3.11. The van der Waals surface area contributed by atoms with Gasteiger partial charge < -0.3 is 15.5 Å². The highest BCUT2D eigenvalue weighted by atomic mass is 32.2. The fraction of sp³-hybridized carbons (Fsp3) is 0.932. The lowest BCUT2D eigenvalue weighted by atomic mass is 10.0. The van der Waals surface area contributed by atoms with E-state index in [1.807, 2.05) is 0 Å². The molecule has 4 N–H and O–H groups in total. The van der Waals surface area contributed by atoms with Crippen molar-refractivity contribution in [1.82, 2.24) is 5.32 Å². The van der Waals surface area contributed by atoms with Crippen LogP contribution in [-0.2, 0) is 14.9 Å². The molecule has 310 valence electrons. The highest BCUT2D eigenvalue weighted by Crippen LogP contribution is 2.16. The molecule has 0 fully saturated rings. The first-order valence-corrected chi connectivity index (χ1v) is 24.1. The van der Waals surface area contributed by atoms with Crippen LogP contribution < -0.4 is 5.32 Å². The Bertz CT molecular complexity index is 895. The fourth-order valence-electron chi connectivity index (χ4n) is 7.10. The minimum Gasteiger partial charge on any atom is -0.391 e. The van der Waals surface area contributed by atoms with Gasteiger partial charge in [-0.2, -0.15) is 8.42 Å². The van der Waals surface area contributed by atoms with Crippen molar-refractivity contribution in [3.8, 4) is 0 Å². The van der Waals surface area contributed by atoms with Gasteiger partial charge in [0.05, 0.1) is 17.9 Å². The number of aliphatic hydroxyl groups is 2. The van der Waals surface area contributed by atoms with Crippen LogP contribution in [0.25, 0.3) is 0 Å². The molecule has 0 aromatic carbocycles. The average molecular weight is 758 g/mol. The molecule has 0 rings (SSSR count). The highest BCUT2D eigenvalue weighted by Gasteiger charge is 2.28. The Hall–Kier alpha value is -0.960. The van der Waals surface area contributed by atoms with Crippen LogP contribution in [-0.4, -0.2) is 53.1 Å². The molecule has 0 bridgehead atoms. The summed E-state index contributed by atoms with van der Waals surface area (Å²) in [4.78, 5) is 12.6. The quantitative estimate of drug-likeness (QED) is 0.0280. The van der Waals surface area contributed by atoms with Gasteiger partial charge in [-0.15, -0.1) is 0 Å². The van der Waals surface area contributed by atoms with Crippen molar-refractivity contribution in [2.75, 3.05) is 5.75 Å². The Morgan fingerprint density at radius 3 is 1.15 bits per heavy atom. The number of amides is 1. The summed E-state index contributed by atoms with van der Waals surface area (Å²) in [6, 6.07) is -1.15. The molecule has 0 spiro atoms. The Labute approximate surface area is 323 Å². The molecule has 52 heavy (non-hydrogen) atoms. The maximum atomic E-state index is 12.6. The van der Waals surface area contributed by atoms with Crippen LogP contribution in [0, 0.1) is 0 Å². The van der Waals surface area contributed by atoms with Gasteiger partial charge in [0.2, 0.25) is 5.91 Å². The number of unbranched alkanes of at least 4 members (excludes halogenated alkanes) is 30. The summed E-state index contributed by atoms with van der Waals surface area (Å²) in [6.45, 7) is 4.52. The first-order chi connectivity index (χ1) is 25.2. The van der Waals surface area contributed by atoms with Gasteiger partial charge in [-0.25, -0.2) is 0 Å². The molecule has 0 heterocycles. The molecule has 0 saturated heterocycles. The van der Waals surface area contributed by atoms with Crippen molar-refractivity contribution in [2.45, 2.75) is 257 Å². The molecule has 8 heteroatoms. The van der Waals surface area contributed by atoms with Crippen molar-refractivity contribution in [2.24, 2.45) is 0 Å². The van der Waals surface area contributed by atoms with Crippen molar-refractivity contribution < 1.29 is 28.0 Å². The molecule has 0 saturated carbocycles. The first kappa shape index (κ1) is 51.0. The van der Waals surface area contributed by atoms with E-state index >= 15 is 0 Å². The summed E-state index contributed by atoms with van der Waals surface area (Å²) in [7, 11) is -4.41. The Balaban J connectivity index is 3.88. The molecule has 0 aliphatic rings. The lowest BCUT2D eigenvalue weighted by molar-refractivity contribution is -0.131. The smallest absolute Gasteiger partial charge is 0.266 e. The van der Waals surface area contributed by atoms with E-state index in [-0.39, 0.29) is 0 Å². The van der Waals surface area contributed by atoms with Gasteiger partial charge in [-0.3, -0.25) is 9.35 Å². The van der Waals surface area contributed by atoms with E-state index in [2.05, 4.69) is 31.3 Å². The third kappa shape index (κ3) is 37.4. The highest BCUT2D eigenvalue weighted by molar-refractivity contribution is 7.85. The number of rotatable bonds is 41. The maximum absolute atomic E-state index is 12.6. The third-order valence-corrected chi connectivity index (χ3v) is 11.4. The van der Waals surface area contributed by atoms with E-state index in [4.69, 9.17) is 0 Å². The van der Waals surface area contributed by atoms with E-state index in [9.17, 15) is 28.0 Å². The minimum atomic E-state index is -4.41. The van der Waals surface area contributed by atoms with Crippen LogP contribution in [0.5, 0.6) is 0 Å². The van der Waals surface area contributed by atoms with Crippen LogP contribution in [0.2, 0.25) is 0 Å². The molecule has 0 radical (unpaired) electrons. The maximum Gasteiger partial charge on any atom is 0.266 e. The van der Waals surface area contributed by atoms with E-state index in [1.54, 1.807) is 0 Å². The van der Waals surface area contributed by atoms with Gasteiger partial charge in [-0.05, 0) is 38.5 Å². The second-order valence-electron chi connectivity index (χ2n) is 15.8. The van der Waals surface area contributed by atoms with Crippen LogP contribution in [0.4, 0.5) is 0 Å². The van der Waals surface area contributed by atoms with E-state index in [1.165, 1.54) is 154 Å². The number of nitrogens with one attached hydrogen (secondary N) is 1. The molecule has 0 aromatic rings. The topological polar surface area (TPSA) is 124 Å². The number of carbonyl (C=O) groups is 1. The standard InChI is InChI=1S/C44H87NO6S/c1-3-5-7-9-11-13-15-17-18-19-20-21-22-23-24-25-27-29-31-33-35-37-39-43(47)44(48)45-41(40-52(49,50)51)42(46)38-36-34-32-30-28-26-16-14-12-10-8-6-4-2/h23-24,41-43,46-47H,3-22,25-40H2,1-2H3,(H,45,48)(H,49,50,51)/b24-23-. The Kier molecular flexibility index (Phi) is 37.6. The lowest BCUT2D eigenvalue weighted by Gasteiger charge is -2.24. The molecule has 1 amide bonds. The molecule has 0 aliphatic heterocycles. The van der Waals surface area contributed by atoms with Gasteiger partial charge >= 0.3 is 0 Å². The molecule has 0 aliphatic carbocycles. The molecular formula is C44H87NO6S. The summed E-state index contributed by atoms with van der Waals surface area (Å²) < 4.78 is 32.6. The Morgan fingerprint density at radius 2 is 0.808 bits per heavy atom. The number of aliphatic hydroxyl groups excluding tert-OH is 2. The second-order valence-corrected chi connectivity index (χ2v) is 17.3. The molecule has 0 aromatic heterocycles. The predicted octanol–water partition coefficient (Wildman–Crippen LogP) is 12.3. The summed E-state index contributed by atoms with van der Waals surface area (Å²) >= 11 is 0. The summed E-state index contributed by atoms with van der Waals surface area (Å²) in [5, 5.41) is 23.6. The second kappa shape index (κ2) is 38.3. The van der Waals surface area contributed by atoms with E-state index in [0.29, 0.717) is 19.3 Å². The predicted molar refractivity (Wildman–Crippen MR) is 222 cm³/mol. The van der Waals surface area contributed by atoms with Gasteiger partial charge in [-0.1, -0.05) is 212 Å². The van der Waals surface area contributed by atoms with Gasteiger partial charge in [0, 0.05) is 0 Å². The van der Waals surface area contributed by atoms with Crippen LogP contribution in [0.1, 0.15) is 239 Å². The zero-order chi connectivity index (χ0) is 38.4. The van der Waals surface area contributed by atoms with Crippen molar-refractivity contribution in [1.29, 1.82) is 0 Å². The van der Waals surface area contributed by atoms with E-state index < -0.39 is 40.0 Å². The van der Waals surface area contributed by atoms with Crippen molar-refractivity contribution in [3.05, 3.63) is 12.2 Å². The zero-order valence-corrected chi connectivity index (χ0v) is 35.1. The van der Waals surface area contributed by atoms with Crippen LogP contribution >= 0.6 is 0 Å². The molecule has 7 nitrogen and oxygen atoms in total. The fourth-order valence-corrected chi connectivity index (χ4v) is 7.86. The largest absolute Gasteiger partial charge is 0.391 e. The number of hydrogen-bond acceptors (Lipinski definition) is 5. The number of carbonyl (C=O) groups excluding carboxylic acids is 1. The zero-order valence-electron chi connectivity index (χ0n) is 34.3. The Morgan fingerprint density at radius 1 is 0.500 bits per heavy atom. The monoisotopic (exact) mass is 758 g/mol. The number of allylic oxidation sites excluding steroid dienone is 2. The van der Waals surface area contributed by atoms with Gasteiger partial charge in [0.15, 0.2) is 0 Å². The van der Waals surface area contributed by atoms with Crippen molar-refractivity contribution >= 4 is 16.0 Å².